The summed E-state index contributed by atoms with van der Waals surface area (Å²) < 4.78 is 18.2. The molecule has 3 N–H and O–H groups in total. The van der Waals surface area contributed by atoms with Crippen molar-refractivity contribution in [1.82, 2.24) is 0 Å². The van der Waals surface area contributed by atoms with Crippen molar-refractivity contribution in [3.63, 3.8) is 0 Å². The van der Waals surface area contributed by atoms with E-state index in [2.05, 4.69) is 12.2 Å². The zero-order valence-electron chi connectivity index (χ0n) is 9.63. The predicted molar refractivity (Wildman–Crippen MR) is 65.0 cm³/mol. The number of hydrogen-bond acceptors (Lipinski definition) is 3. The fourth-order valence-corrected chi connectivity index (χ4v) is 1.33. The van der Waals surface area contributed by atoms with E-state index in [1.54, 1.807) is 6.07 Å². The highest BCUT2D eigenvalue weighted by Crippen LogP contribution is 2.18. The zero-order chi connectivity index (χ0) is 11.8. The highest BCUT2D eigenvalue weighted by Gasteiger charge is 1.99. The molecule has 90 valence electrons. The monoisotopic (exact) mass is 226 g/mol. The van der Waals surface area contributed by atoms with Gasteiger partial charge in [0.05, 0.1) is 11.4 Å². The maximum absolute atomic E-state index is 12.9. The molecule has 0 heterocycles. The molecule has 0 radical (unpaired) electrons. The Hall–Kier alpha value is -1.29. The van der Waals surface area contributed by atoms with Gasteiger partial charge in [0.25, 0.3) is 0 Å². The van der Waals surface area contributed by atoms with Gasteiger partial charge in [-0.1, -0.05) is 6.92 Å². The molecule has 0 aliphatic rings. The van der Waals surface area contributed by atoms with Crippen LogP contribution in [0, 0.1) is 5.82 Å². The Kier molecular flexibility index (Phi) is 5.64. The number of nitrogens with one attached hydrogen (secondary N) is 1. The Balaban J connectivity index is 2.23. The maximum Gasteiger partial charge on any atom is 0.125 e. The lowest BCUT2D eigenvalue weighted by Gasteiger charge is -2.09. The van der Waals surface area contributed by atoms with Crippen molar-refractivity contribution < 1.29 is 9.13 Å². The summed E-state index contributed by atoms with van der Waals surface area (Å²) in [5.74, 6) is -0.279. The number of ether oxygens (including phenoxy) is 1. The van der Waals surface area contributed by atoms with Gasteiger partial charge < -0.3 is 15.8 Å². The molecule has 0 saturated heterocycles. The van der Waals surface area contributed by atoms with E-state index in [0.29, 0.717) is 11.4 Å². The van der Waals surface area contributed by atoms with Crippen molar-refractivity contribution in [2.75, 3.05) is 30.8 Å². The van der Waals surface area contributed by atoms with E-state index < -0.39 is 0 Å². The molecule has 1 aromatic rings. The van der Waals surface area contributed by atoms with Crippen molar-refractivity contribution in [3.8, 4) is 0 Å². The summed E-state index contributed by atoms with van der Waals surface area (Å²) in [5.41, 5.74) is 6.91. The van der Waals surface area contributed by atoms with Crippen LogP contribution in [0.1, 0.15) is 19.8 Å². The first-order valence-corrected chi connectivity index (χ1v) is 5.60. The number of hydrogen-bond donors (Lipinski definition) is 2. The molecule has 1 rings (SSSR count). The van der Waals surface area contributed by atoms with Gasteiger partial charge in [-0.3, -0.25) is 0 Å². The van der Waals surface area contributed by atoms with Gasteiger partial charge in [0.1, 0.15) is 5.82 Å². The topological polar surface area (TPSA) is 47.3 Å². The molecule has 3 nitrogen and oxygen atoms in total. The SMILES string of the molecule is CCCOCCCNc1cc(F)ccc1N. The number of rotatable bonds is 7. The van der Waals surface area contributed by atoms with Crippen LogP contribution < -0.4 is 11.1 Å². The van der Waals surface area contributed by atoms with Crippen LogP contribution in [0.2, 0.25) is 0 Å². The van der Waals surface area contributed by atoms with Gasteiger partial charge in [-0.2, -0.15) is 0 Å². The molecule has 0 atom stereocenters. The third kappa shape index (κ3) is 4.49. The highest BCUT2D eigenvalue weighted by molar-refractivity contribution is 5.65. The van der Waals surface area contributed by atoms with Crippen LogP contribution in [0.4, 0.5) is 15.8 Å². The predicted octanol–water partition coefficient (Wildman–Crippen LogP) is 2.64. The second-order valence-electron chi connectivity index (χ2n) is 3.62. The molecule has 0 bridgehead atoms. The third-order valence-corrected chi connectivity index (χ3v) is 2.14. The van der Waals surface area contributed by atoms with Crippen LogP contribution in [0.25, 0.3) is 0 Å². The van der Waals surface area contributed by atoms with Crippen molar-refractivity contribution in [1.29, 1.82) is 0 Å². The molecule has 0 fully saturated rings. The quantitative estimate of drug-likeness (QED) is 0.555. The summed E-state index contributed by atoms with van der Waals surface area (Å²) in [7, 11) is 0. The van der Waals surface area contributed by atoms with Crippen molar-refractivity contribution in [3.05, 3.63) is 24.0 Å². The molecule has 0 aliphatic carbocycles. The molecule has 0 unspecified atom stereocenters. The normalized spacial score (nSPS) is 10.4. The first-order chi connectivity index (χ1) is 7.74. The summed E-state index contributed by atoms with van der Waals surface area (Å²) in [6, 6.07) is 4.32. The average Bonchev–Trinajstić information content (AvgIpc) is 2.28. The van der Waals surface area contributed by atoms with E-state index >= 15 is 0 Å². The second-order valence-corrected chi connectivity index (χ2v) is 3.62. The summed E-state index contributed by atoms with van der Waals surface area (Å²) >= 11 is 0. The Morgan fingerprint density at radius 1 is 1.38 bits per heavy atom. The van der Waals surface area contributed by atoms with Gasteiger partial charge in [0.2, 0.25) is 0 Å². The van der Waals surface area contributed by atoms with Gasteiger partial charge in [0, 0.05) is 19.8 Å². The molecule has 4 heteroatoms. The van der Waals surface area contributed by atoms with E-state index in [-0.39, 0.29) is 5.82 Å². The van der Waals surface area contributed by atoms with Crippen molar-refractivity contribution in [2.45, 2.75) is 19.8 Å². The van der Waals surface area contributed by atoms with E-state index in [9.17, 15) is 4.39 Å². The fraction of sp³-hybridized carbons (Fsp3) is 0.500. The molecule has 1 aromatic carbocycles. The van der Waals surface area contributed by atoms with E-state index in [1.807, 2.05) is 0 Å². The molecule has 0 spiro atoms. The first kappa shape index (κ1) is 12.8. The molecule has 0 aromatic heterocycles. The van der Waals surface area contributed by atoms with E-state index in [4.69, 9.17) is 10.5 Å². The van der Waals surface area contributed by atoms with Gasteiger partial charge in [0.15, 0.2) is 0 Å². The minimum atomic E-state index is -0.279. The Morgan fingerprint density at radius 2 is 2.19 bits per heavy atom. The Bertz CT molecular complexity index is 318. The molecule has 0 amide bonds. The van der Waals surface area contributed by atoms with Crippen LogP contribution in [0.5, 0.6) is 0 Å². The lowest BCUT2D eigenvalue weighted by molar-refractivity contribution is 0.134. The van der Waals surface area contributed by atoms with Crippen LogP contribution in [-0.2, 0) is 4.74 Å². The molecule has 0 saturated carbocycles. The van der Waals surface area contributed by atoms with Gasteiger partial charge in [-0.05, 0) is 31.0 Å². The summed E-state index contributed by atoms with van der Waals surface area (Å²) in [4.78, 5) is 0. The van der Waals surface area contributed by atoms with Crippen LogP contribution in [0.15, 0.2) is 18.2 Å². The molecular weight excluding hydrogens is 207 g/mol. The molecule has 16 heavy (non-hydrogen) atoms. The zero-order valence-corrected chi connectivity index (χ0v) is 9.63. The number of nitrogens with two attached hydrogens (primary N) is 1. The van der Waals surface area contributed by atoms with Crippen molar-refractivity contribution >= 4 is 11.4 Å². The average molecular weight is 226 g/mol. The highest BCUT2D eigenvalue weighted by atomic mass is 19.1. The van der Waals surface area contributed by atoms with E-state index in [0.717, 1.165) is 32.6 Å². The Labute approximate surface area is 95.8 Å². The molecule has 0 aliphatic heterocycles. The lowest BCUT2D eigenvalue weighted by Crippen LogP contribution is -2.07. The second kappa shape index (κ2) is 7.06. The van der Waals surface area contributed by atoms with E-state index in [1.165, 1.54) is 12.1 Å². The largest absolute Gasteiger partial charge is 0.397 e. The smallest absolute Gasteiger partial charge is 0.125 e. The Morgan fingerprint density at radius 3 is 2.94 bits per heavy atom. The lowest BCUT2D eigenvalue weighted by atomic mass is 10.2. The number of halogens is 1. The first-order valence-electron chi connectivity index (χ1n) is 5.60. The minimum Gasteiger partial charge on any atom is -0.397 e. The van der Waals surface area contributed by atoms with Gasteiger partial charge in [-0.15, -0.1) is 0 Å². The maximum atomic E-state index is 12.9. The van der Waals surface area contributed by atoms with Gasteiger partial charge >= 0.3 is 0 Å². The number of benzene rings is 1. The molecular formula is C12H19FN2O. The summed E-state index contributed by atoms with van der Waals surface area (Å²) in [6.07, 6.45) is 1.92. The standard InChI is InChI=1S/C12H19FN2O/c1-2-7-16-8-3-6-15-12-9-10(13)4-5-11(12)14/h4-5,9,15H,2-3,6-8,14H2,1H3. The van der Waals surface area contributed by atoms with Gasteiger partial charge in [-0.25, -0.2) is 4.39 Å². The third-order valence-electron chi connectivity index (χ3n) is 2.14. The van der Waals surface area contributed by atoms with Crippen LogP contribution in [0.3, 0.4) is 0 Å². The number of anilines is 2. The fourth-order valence-electron chi connectivity index (χ4n) is 1.33. The minimum absolute atomic E-state index is 0.279. The van der Waals surface area contributed by atoms with Crippen LogP contribution >= 0.6 is 0 Å². The van der Waals surface area contributed by atoms with Crippen molar-refractivity contribution in [2.24, 2.45) is 0 Å². The summed E-state index contributed by atoms with van der Waals surface area (Å²) in [6.45, 7) is 4.32. The van der Waals surface area contributed by atoms with Crippen LogP contribution in [-0.4, -0.2) is 19.8 Å². The summed E-state index contributed by atoms with van der Waals surface area (Å²) in [5, 5.41) is 3.09. The number of nitrogen functional groups attached to an aromatic ring is 1.